The summed E-state index contributed by atoms with van der Waals surface area (Å²) < 4.78 is 2.91. The molecule has 1 aromatic heterocycles. The Morgan fingerprint density at radius 1 is 1.39 bits per heavy atom. The van der Waals surface area contributed by atoms with Crippen molar-refractivity contribution in [3.05, 3.63) is 50.5 Å². The third-order valence-electron chi connectivity index (χ3n) is 4.26. The lowest BCUT2D eigenvalue weighted by Gasteiger charge is -2.27. The van der Waals surface area contributed by atoms with E-state index in [1.165, 1.54) is 5.69 Å². The van der Waals surface area contributed by atoms with Gasteiger partial charge in [0.15, 0.2) is 0 Å². The van der Waals surface area contributed by atoms with Crippen LogP contribution in [-0.2, 0) is 20.0 Å². The Morgan fingerprint density at radius 2 is 2.13 bits per heavy atom. The van der Waals surface area contributed by atoms with Crippen molar-refractivity contribution < 1.29 is 4.79 Å². The Bertz CT molecular complexity index is 769. The maximum atomic E-state index is 12.8. The fourth-order valence-corrected chi connectivity index (χ4v) is 3.92. The molecule has 0 saturated heterocycles. The fraction of sp³-hybridized carbons (Fsp3) is 0.412. The van der Waals surface area contributed by atoms with Crippen molar-refractivity contribution in [2.45, 2.75) is 32.7 Å². The molecule has 0 aliphatic carbocycles. The van der Waals surface area contributed by atoms with E-state index in [9.17, 15) is 4.79 Å². The van der Waals surface area contributed by atoms with E-state index in [-0.39, 0.29) is 5.91 Å². The van der Waals surface area contributed by atoms with Gasteiger partial charge in [0, 0.05) is 41.1 Å². The van der Waals surface area contributed by atoms with Gasteiger partial charge >= 0.3 is 0 Å². The van der Waals surface area contributed by atoms with Crippen molar-refractivity contribution in [3.63, 3.8) is 0 Å². The molecule has 0 N–H and O–H groups in total. The number of aromatic nitrogens is 2. The monoisotopic (exact) mass is 395 g/mol. The van der Waals surface area contributed by atoms with E-state index >= 15 is 0 Å². The van der Waals surface area contributed by atoms with Gasteiger partial charge in [0.1, 0.15) is 5.82 Å². The second kappa shape index (κ2) is 6.29. The van der Waals surface area contributed by atoms with E-state index in [1.54, 1.807) is 18.2 Å². The van der Waals surface area contributed by atoms with Crippen molar-refractivity contribution in [2.75, 3.05) is 6.54 Å². The predicted octanol–water partition coefficient (Wildman–Crippen LogP) is 4.16. The quantitative estimate of drug-likeness (QED) is 0.764. The Balaban J connectivity index is 1.87. The summed E-state index contributed by atoms with van der Waals surface area (Å²) in [4.78, 5) is 19.4. The van der Waals surface area contributed by atoms with Crippen LogP contribution in [0.3, 0.4) is 0 Å². The molecular weight excluding hydrogens is 378 g/mol. The molecular formula is C17H19BrClN3O. The van der Waals surface area contributed by atoms with Gasteiger partial charge in [0.2, 0.25) is 0 Å². The highest BCUT2D eigenvalue weighted by Crippen LogP contribution is 2.27. The lowest BCUT2D eigenvalue weighted by Crippen LogP contribution is -2.36. The van der Waals surface area contributed by atoms with Gasteiger partial charge in [0.05, 0.1) is 17.8 Å². The zero-order valence-electron chi connectivity index (χ0n) is 13.4. The van der Waals surface area contributed by atoms with Gasteiger partial charge in [-0.2, -0.15) is 0 Å². The van der Waals surface area contributed by atoms with E-state index in [2.05, 4.69) is 41.4 Å². The SMILES string of the molecule is CC(C)c1nc2c(n1C)CCN(C(=O)c1ccc(Cl)cc1Br)C2. The first kappa shape index (κ1) is 16.5. The smallest absolute Gasteiger partial charge is 0.255 e. The summed E-state index contributed by atoms with van der Waals surface area (Å²) in [6, 6.07) is 5.26. The third kappa shape index (κ3) is 3.04. The molecule has 1 aliphatic heterocycles. The Hall–Kier alpha value is -1.33. The van der Waals surface area contributed by atoms with Crippen molar-refractivity contribution in [2.24, 2.45) is 7.05 Å². The number of carbonyl (C=O) groups is 1. The zero-order valence-corrected chi connectivity index (χ0v) is 15.8. The first-order valence-corrected chi connectivity index (χ1v) is 8.84. The number of nitrogens with zero attached hydrogens (tertiary/aromatic N) is 3. The standard InChI is InChI=1S/C17H19BrClN3O/c1-10(2)16-20-14-9-22(7-6-15(14)21(16)3)17(23)12-5-4-11(19)8-13(12)18/h4-5,8,10H,6-7,9H2,1-3H3. The summed E-state index contributed by atoms with van der Waals surface area (Å²) in [5.41, 5.74) is 2.90. The maximum absolute atomic E-state index is 12.8. The summed E-state index contributed by atoms with van der Waals surface area (Å²) in [7, 11) is 2.06. The van der Waals surface area contributed by atoms with Crippen molar-refractivity contribution in [3.8, 4) is 0 Å². The van der Waals surface area contributed by atoms with E-state index in [0.717, 1.165) is 22.4 Å². The highest BCUT2D eigenvalue weighted by atomic mass is 79.9. The lowest BCUT2D eigenvalue weighted by molar-refractivity contribution is 0.0730. The lowest BCUT2D eigenvalue weighted by atomic mass is 10.1. The second-order valence-electron chi connectivity index (χ2n) is 6.18. The van der Waals surface area contributed by atoms with Crippen LogP contribution in [0.25, 0.3) is 0 Å². The molecule has 23 heavy (non-hydrogen) atoms. The van der Waals surface area contributed by atoms with Crippen LogP contribution in [0.4, 0.5) is 0 Å². The highest BCUT2D eigenvalue weighted by Gasteiger charge is 2.27. The molecule has 0 atom stereocenters. The van der Waals surface area contributed by atoms with Crippen LogP contribution in [0.15, 0.2) is 22.7 Å². The largest absolute Gasteiger partial charge is 0.334 e. The van der Waals surface area contributed by atoms with Crippen LogP contribution in [0, 0.1) is 0 Å². The van der Waals surface area contributed by atoms with Gasteiger partial charge in [-0.1, -0.05) is 25.4 Å². The molecule has 122 valence electrons. The molecule has 4 nitrogen and oxygen atoms in total. The van der Waals surface area contributed by atoms with E-state index in [1.807, 2.05) is 4.90 Å². The maximum Gasteiger partial charge on any atom is 0.255 e. The molecule has 0 bridgehead atoms. The Labute approximate surface area is 149 Å². The normalized spacial score (nSPS) is 14.3. The number of carbonyl (C=O) groups excluding carboxylic acids is 1. The van der Waals surface area contributed by atoms with Gasteiger partial charge in [-0.25, -0.2) is 4.98 Å². The summed E-state index contributed by atoms with van der Waals surface area (Å²) in [5.74, 6) is 1.47. The molecule has 0 unspecified atom stereocenters. The molecule has 2 aromatic rings. The minimum Gasteiger partial charge on any atom is -0.334 e. The molecule has 0 saturated carbocycles. The minimum atomic E-state index is 0.0101. The number of fused-ring (bicyclic) bond motifs is 1. The Kier molecular flexibility index (Phi) is 4.52. The second-order valence-corrected chi connectivity index (χ2v) is 7.47. The number of amides is 1. The van der Waals surface area contributed by atoms with Crippen LogP contribution in [-0.4, -0.2) is 26.9 Å². The molecule has 1 aliphatic rings. The van der Waals surface area contributed by atoms with Gasteiger partial charge in [-0.05, 0) is 34.1 Å². The van der Waals surface area contributed by atoms with Gasteiger partial charge in [0.25, 0.3) is 5.91 Å². The first-order valence-electron chi connectivity index (χ1n) is 7.67. The average molecular weight is 397 g/mol. The van der Waals surface area contributed by atoms with E-state index in [4.69, 9.17) is 16.6 Å². The van der Waals surface area contributed by atoms with Crippen molar-refractivity contribution in [1.82, 2.24) is 14.5 Å². The minimum absolute atomic E-state index is 0.0101. The molecule has 3 rings (SSSR count). The van der Waals surface area contributed by atoms with Crippen LogP contribution < -0.4 is 0 Å². The predicted molar refractivity (Wildman–Crippen MR) is 94.9 cm³/mol. The topological polar surface area (TPSA) is 38.1 Å². The van der Waals surface area contributed by atoms with Gasteiger partial charge in [-0.3, -0.25) is 4.79 Å². The zero-order chi connectivity index (χ0) is 16.7. The molecule has 0 spiro atoms. The number of imidazole rings is 1. The molecule has 1 aromatic carbocycles. The first-order chi connectivity index (χ1) is 10.9. The highest BCUT2D eigenvalue weighted by molar-refractivity contribution is 9.10. The fourth-order valence-electron chi connectivity index (χ4n) is 3.07. The molecule has 6 heteroatoms. The number of halogens is 2. The summed E-state index contributed by atoms with van der Waals surface area (Å²) >= 11 is 9.39. The van der Waals surface area contributed by atoms with Crippen LogP contribution >= 0.6 is 27.5 Å². The molecule has 0 fully saturated rings. The van der Waals surface area contributed by atoms with Crippen molar-refractivity contribution in [1.29, 1.82) is 0 Å². The molecule has 1 amide bonds. The number of benzene rings is 1. The van der Waals surface area contributed by atoms with Crippen LogP contribution in [0.2, 0.25) is 5.02 Å². The van der Waals surface area contributed by atoms with Crippen LogP contribution in [0.1, 0.15) is 47.3 Å². The van der Waals surface area contributed by atoms with Gasteiger partial charge in [-0.15, -0.1) is 0 Å². The average Bonchev–Trinajstić information content (AvgIpc) is 2.83. The van der Waals surface area contributed by atoms with Crippen LogP contribution in [0.5, 0.6) is 0 Å². The van der Waals surface area contributed by atoms with E-state index in [0.29, 0.717) is 29.6 Å². The van der Waals surface area contributed by atoms with Gasteiger partial charge < -0.3 is 9.47 Å². The molecule has 0 radical (unpaired) electrons. The summed E-state index contributed by atoms with van der Waals surface area (Å²) in [5, 5.41) is 0.612. The third-order valence-corrected chi connectivity index (χ3v) is 5.15. The summed E-state index contributed by atoms with van der Waals surface area (Å²) in [6.45, 7) is 5.55. The number of hydrogen-bond acceptors (Lipinski definition) is 2. The Morgan fingerprint density at radius 3 is 2.78 bits per heavy atom. The number of hydrogen-bond donors (Lipinski definition) is 0. The summed E-state index contributed by atoms with van der Waals surface area (Å²) in [6.07, 6.45) is 0.836. The number of rotatable bonds is 2. The van der Waals surface area contributed by atoms with Crippen molar-refractivity contribution >= 4 is 33.4 Å². The molecule has 2 heterocycles. The van der Waals surface area contributed by atoms with E-state index < -0.39 is 0 Å².